The lowest BCUT2D eigenvalue weighted by molar-refractivity contribution is 0.296. The van der Waals surface area contributed by atoms with Gasteiger partial charge in [0.1, 0.15) is 0 Å². The van der Waals surface area contributed by atoms with E-state index in [0.717, 1.165) is 22.2 Å². The molecule has 4 aromatic rings. The molecule has 26 heavy (non-hydrogen) atoms. The molecule has 0 saturated carbocycles. The van der Waals surface area contributed by atoms with Gasteiger partial charge in [0.2, 0.25) is 0 Å². The fourth-order valence-electron chi connectivity index (χ4n) is 2.75. The number of nitrogens with zero attached hydrogens (tertiary/aromatic N) is 4. The molecular weight excluding hydrogens is 324 g/mol. The molecule has 0 radical (unpaired) electrons. The molecule has 0 aliphatic rings. The molecule has 4 rings (SSSR count). The van der Waals surface area contributed by atoms with Crippen molar-refractivity contribution in [2.24, 2.45) is 0 Å². The Morgan fingerprint density at radius 1 is 0.885 bits per heavy atom. The van der Waals surface area contributed by atoms with Crippen molar-refractivity contribution in [2.45, 2.75) is 13.3 Å². The zero-order chi connectivity index (χ0) is 17.8. The van der Waals surface area contributed by atoms with Gasteiger partial charge in [0.15, 0.2) is 5.65 Å². The van der Waals surface area contributed by atoms with Crippen LogP contribution in [0, 0.1) is 6.92 Å². The quantitative estimate of drug-likeness (QED) is 0.548. The number of rotatable bonds is 5. The zero-order valence-electron chi connectivity index (χ0n) is 14.5. The van der Waals surface area contributed by atoms with Crippen LogP contribution in [0.5, 0.6) is 6.01 Å². The Labute approximate surface area is 151 Å². The lowest BCUT2D eigenvalue weighted by Crippen LogP contribution is -2.05. The van der Waals surface area contributed by atoms with Gasteiger partial charge in [-0.1, -0.05) is 35.9 Å². The van der Waals surface area contributed by atoms with Gasteiger partial charge in [-0.2, -0.15) is 4.98 Å². The average molecular weight is 342 g/mol. The lowest BCUT2D eigenvalue weighted by atomic mass is 10.0. The molecule has 128 valence electrons. The van der Waals surface area contributed by atoms with Crippen molar-refractivity contribution in [3.63, 3.8) is 0 Å². The highest BCUT2D eigenvalue weighted by atomic mass is 16.5. The van der Waals surface area contributed by atoms with Gasteiger partial charge in [0.05, 0.1) is 6.61 Å². The van der Waals surface area contributed by atoms with E-state index in [0.29, 0.717) is 24.7 Å². The van der Waals surface area contributed by atoms with Gasteiger partial charge in [-0.25, -0.2) is 9.97 Å². The molecule has 0 atom stereocenters. The molecule has 1 aromatic carbocycles. The summed E-state index contributed by atoms with van der Waals surface area (Å²) in [7, 11) is 0. The highest BCUT2D eigenvalue weighted by Gasteiger charge is 2.06. The van der Waals surface area contributed by atoms with E-state index in [2.05, 4.69) is 51.1 Å². The van der Waals surface area contributed by atoms with E-state index in [4.69, 9.17) is 4.74 Å². The van der Waals surface area contributed by atoms with E-state index in [-0.39, 0.29) is 0 Å². The van der Waals surface area contributed by atoms with E-state index in [1.807, 2.05) is 30.5 Å². The van der Waals surface area contributed by atoms with E-state index >= 15 is 0 Å². The van der Waals surface area contributed by atoms with Crippen molar-refractivity contribution < 1.29 is 4.74 Å². The van der Waals surface area contributed by atoms with Crippen LogP contribution < -0.4 is 4.74 Å². The largest absolute Gasteiger partial charge is 0.463 e. The molecule has 5 heteroatoms. The number of hydrogen-bond acceptors (Lipinski definition) is 5. The maximum absolute atomic E-state index is 5.65. The third-order valence-corrected chi connectivity index (χ3v) is 4.08. The van der Waals surface area contributed by atoms with Crippen LogP contribution in [-0.2, 0) is 6.42 Å². The summed E-state index contributed by atoms with van der Waals surface area (Å²) in [6, 6.07) is 16.6. The van der Waals surface area contributed by atoms with Crippen molar-refractivity contribution in [2.75, 3.05) is 6.61 Å². The first kappa shape index (κ1) is 16.1. The van der Waals surface area contributed by atoms with Gasteiger partial charge in [0.25, 0.3) is 0 Å². The van der Waals surface area contributed by atoms with E-state index < -0.39 is 0 Å². The van der Waals surface area contributed by atoms with Crippen molar-refractivity contribution in [1.29, 1.82) is 0 Å². The molecule has 3 aromatic heterocycles. The summed E-state index contributed by atoms with van der Waals surface area (Å²) in [6.45, 7) is 2.56. The summed E-state index contributed by atoms with van der Waals surface area (Å²) in [5.74, 6) is 0. The monoisotopic (exact) mass is 342 g/mol. The molecule has 5 nitrogen and oxygen atoms in total. The summed E-state index contributed by atoms with van der Waals surface area (Å²) in [5.41, 5.74) is 5.01. The molecule has 0 aliphatic carbocycles. The Hall–Kier alpha value is -3.34. The van der Waals surface area contributed by atoms with Gasteiger partial charge < -0.3 is 4.74 Å². The third-order valence-electron chi connectivity index (χ3n) is 4.08. The van der Waals surface area contributed by atoms with Crippen molar-refractivity contribution in [3.05, 3.63) is 78.4 Å². The number of aromatic nitrogens is 4. The summed E-state index contributed by atoms with van der Waals surface area (Å²) < 4.78 is 5.65. The summed E-state index contributed by atoms with van der Waals surface area (Å²) in [4.78, 5) is 17.4. The average Bonchev–Trinajstić information content (AvgIpc) is 2.68. The zero-order valence-corrected chi connectivity index (χ0v) is 14.5. The number of aryl methyl sites for hydroxylation is 1. The highest BCUT2D eigenvalue weighted by molar-refractivity contribution is 5.80. The number of hydrogen-bond donors (Lipinski definition) is 0. The maximum atomic E-state index is 5.65. The number of ether oxygens (including phenoxy) is 1. The minimum Gasteiger partial charge on any atom is -0.463 e. The van der Waals surface area contributed by atoms with Crippen molar-refractivity contribution in [1.82, 2.24) is 19.9 Å². The first-order valence-corrected chi connectivity index (χ1v) is 8.50. The number of benzene rings is 1. The van der Waals surface area contributed by atoms with E-state index in [1.54, 1.807) is 12.4 Å². The molecule has 0 saturated heterocycles. The molecule has 0 bridgehead atoms. The second kappa shape index (κ2) is 7.27. The standard InChI is InChI=1S/C21H18N4O/c1-15-5-4-6-16(11-15)17-12-18-14-24-21(25-20(18)23-13-17)26-10-8-19-7-2-3-9-22-19/h2-7,9,11-14H,8,10H2,1H3. The number of fused-ring (bicyclic) bond motifs is 1. The highest BCUT2D eigenvalue weighted by Crippen LogP contribution is 2.23. The summed E-state index contributed by atoms with van der Waals surface area (Å²) in [6.07, 6.45) is 6.08. The molecule has 0 fully saturated rings. The molecule has 0 N–H and O–H groups in total. The predicted octanol–water partition coefficient (Wildman–Crippen LogP) is 4.02. The second-order valence-electron chi connectivity index (χ2n) is 6.08. The maximum Gasteiger partial charge on any atom is 0.318 e. The smallest absolute Gasteiger partial charge is 0.318 e. The van der Waals surface area contributed by atoms with Gasteiger partial charge in [0, 0.05) is 41.7 Å². The molecular formula is C21H18N4O. The van der Waals surface area contributed by atoms with Gasteiger partial charge in [-0.3, -0.25) is 4.98 Å². The molecule has 0 spiro atoms. The van der Waals surface area contributed by atoms with Crippen LogP contribution in [0.4, 0.5) is 0 Å². The molecule has 0 aliphatic heterocycles. The second-order valence-corrected chi connectivity index (χ2v) is 6.08. The van der Waals surface area contributed by atoms with Crippen LogP contribution in [0.1, 0.15) is 11.3 Å². The van der Waals surface area contributed by atoms with Crippen molar-refractivity contribution in [3.8, 4) is 17.1 Å². The topological polar surface area (TPSA) is 60.8 Å². The minimum absolute atomic E-state index is 0.337. The van der Waals surface area contributed by atoms with Gasteiger partial charge >= 0.3 is 6.01 Å². The fourth-order valence-corrected chi connectivity index (χ4v) is 2.75. The SMILES string of the molecule is Cc1cccc(-c2cnc3nc(OCCc4ccccn4)ncc3c2)c1. The fraction of sp³-hybridized carbons (Fsp3) is 0.143. The Morgan fingerprint density at radius 2 is 1.85 bits per heavy atom. The van der Waals surface area contributed by atoms with Crippen LogP contribution in [0.25, 0.3) is 22.2 Å². The van der Waals surface area contributed by atoms with Crippen LogP contribution in [0.2, 0.25) is 0 Å². The lowest BCUT2D eigenvalue weighted by Gasteiger charge is -2.06. The van der Waals surface area contributed by atoms with Crippen LogP contribution in [-0.4, -0.2) is 26.5 Å². The van der Waals surface area contributed by atoms with E-state index in [9.17, 15) is 0 Å². The molecule has 0 unspecified atom stereocenters. The Morgan fingerprint density at radius 3 is 2.69 bits per heavy atom. The first-order chi connectivity index (χ1) is 12.8. The minimum atomic E-state index is 0.337. The van der Waals surface area contributed by atoms with E-state index in [1.165, 1.54) is 5.56 Å². The van der Waals surface area contributed by atoms with Crippen LogP contribution >= 0.6 is 0 Å². The van der Waals surface area contributed by atoms with Crippen molar-refractivity contribution >= 4 is 11.0 Å². The Balaban J connectivity index is 1.50. The number of pyridine rings is 2. The predicted molar refractivity (Wildman–Crippen MR) is 101 cm³/mol. The molecule has 3 heterocycles. The Kier molecular flexibility index (Phi) is 4.51. The van der Waals surface area contributed by atoms with Crippen LogP contribution in [0.15, 0.2) is 67.1 Å². The van der Waals surface area contributed by atoms with Gasteiger partial charge in [-0.15, -0.1) is 0 Å². The molecule has 0 amide bonds. The van der Waals surface area contributed by atoms with Gasteiger partial charge in [-0.05, 0) is 30.7 Å². The third kappa shape index (κ3) is 3.67. The van der Waals surface area contributed by atoms with Crippen LogP contribution in [0.3, 0.4) is 0 Å². The summed E-state index contributed by atoms with van der Waals surface area (Å²) >= 11 is 0. The Bertz CT molecular complexity index is 1030. The summed E-state index contributed by atoms with van der Waals surface area (Å²) in [5, 5.41) is 0.890. The normalized spacial score (nSPS) is 10.8. The first-order valence-electron chi connectivity index (χ1n) is 8.50.